The molecule has 0 fully saturated rings. The average Bonchev–Trinajstić information content (AvgIpc) is 2.62. The van der Waals surface area contributed by atoms with Gasteiger partial charge in [-0.05, 0) is 56.3 Å². The summed E-state index contributed by atoms with van der Waals surface area (Å²) in [5.74, 6) is -0.710. The summed E-state index contributed by atoms with van der Waals surface area (Å²) in [6.45, 7) is 3.67. The van der Waals surface area contributed by atoms with Gasteiger partial charge in [-0.25, -0.2) is 4.39 Å². The highest BCUT2D eigenvalue weighted by Crippen LogP contribution is 2.30. The zero-order valence-electron chi connectivity index (χ0n) is 14.8. The molecule has 1 amide bonds. The standard InChI is InChI=1S/C19H18FN5O2/c1-19(2,17-15(26)4-3-9-22-17)23-16-8-7-14(24-25-16)12-10-11(18(21)27)5-6-13(12)20/h3-10,26H,1-2H3,(H2,21,27)(H,23,25). The molecular weight excluding hydrogens is 349 g/mol. The summed E-state index contributed by atoms with van der Waals surface area (Å²) in [4.78, 5) is 15.5. The maximum Gasteiger partial charge on any atom is 0.248 e. The van der Waals surface area contributed by atoms with Gasteiger partial charge in [0.15, 0.2) is 0 Å². The number of carbonyl (C=O) groups excluding carboxylic acids is 1. The number of amides is 1. The number of hydrogen-bond acceptors (Lipinski definition) is 6. The number of nitrogens with zero attached hydrogens (tertiary/aromatic N) is 3. The second kappa shape index (κ2) is 6.99. The number of aromatic hydroxyl groups is 1. The molecule has 0 saturated heterocycles. The molecule has 0 atom stereocenters. The molecule has 0 aliphatic heterocycles. The fourth-order valence-corrected chi connectivity index (χ4v) is 2.68. The summed E-state index contributed by atoms with van der Waals surface area (Å²) in [6, 6.07) is 10.2. The van der Waals surface area contributed by atoms with Crippen LogP contribution in [-0.2, 0) is 5.54 Å². The molecule has 0 radical (unpaired) electrons. The van der Waals surface area contributed by atoms with Gasteiger partial charge in [0, 0.05) is 17.3 Å². The van der Waals surface area contributed by atoms with Crippen LogP contribution in [0.5, 0.6) is 5.75 Å². The Bertz CT molecular complexity index is 990. The third-order valence-electron chi connectivity index (χ3n) is 4.01. The largest absolute Gasteiger partial charge is 0.506 e. The van der Waals surface area contributed by atoms with E-state index in [9.17, 15) is 14.3 Å². The molecule has 138 valence electrons. The monoisotopic (exact) mass is 367 g/mol. The fraction of sp³-hybridized carbons (Fsp3) is 0.158. The van der Waals surface area contributed by atoms with Crippen molar-refractivity contribution in [3.8, 4) is 17.0 Å². The Morgan fingerprint density at radius 2 is 1.96 bits per heavy atom. The van der Waals surface area contributed by atoms with E-state index in [0.29, 0.717) is 11.5 Å². The van der Waals surface area contributed by atoms with Crippen molar-refractivity contribution >= 4 is 11.7 Å². The molecule has 1 aromatic carbocycles. The second-order valence-electron chi connectivity index (χ2n) is 6.48. The highest BCUT2D eigenvalue weighted by Gasteiger charge is 2.25. The summed E-state index contributed by atoms with van der Waals surface area (Å²) in [7, 11) is 0. The topological polar surface area (TPSA) is 114 Å². The van der Waals surface area contributed by atoms with Crippen LogP contribution in [-0.4, -0.2) is 26.2 Å². The van der Waals surface area contributed by atoms with E-state index < -0.39 is 17.3 Å². The number of halogens is 1. The van der Waals surface area contributed by atoms with Crippen molar-refractivity contribution < 1.29 is 14.3 Å². The van der Waals surface area contributed by atoms with E-state index in [1.165, 1.54) is 12.1 Å². The third-order valence-corrected chi connectivity index (χ3v) is 4.01. The van der Waals surface area contributed by atoms with Crippen molar-refractivity contribution in [3.05, 3.63) is 65.7 Å². The predicted molar refractivity (Wildman–Crippen MR) is 98.5 cm³/mol. The Morgan fingerprint density at radius 1 is 1.19 bits per heavy atom. The molecule has 2 aromatic heterocycles. The zero-order chi connectivity index (χ0) is 19.6. The van der Waals surface area contributed by atoms with Gasteiger partial charge in [0.2, 0.25) is 5.91 Å². The Labute approximate surface area is 155 Å². The lowest BCUT2D eigenvalue weighted by Crippen LogP contribution is -2.29. The van der Waals surface area contributed by atoms with Crippen LogP contribution in [0.1, 0.15) is 29.9 Å². The van der Waals surface area contributed by atoms with E-state index in [4.69, 9.17) is 5.73 Å². The Morgan fingerprint density at radius 3 is 2.59 bits per heavy atom. The van der Waals surface area contributed by atoms with Gasteiger partial charge >= 0.3 is 0 Å². The molecule has 0 spiro atoms. The van der Waals surface area contributed by atoms with Gasteiger partial charge in [0.25, 0.3) is 0 Å². The van der Waals surface area contributed by atoms with Crippen LogP contribution in [0.25, 0.3) is 11.3 Å². The first-order valence-electron chi connectivity index (χ1n) is 8.14. The molecule has 0 aliphatic carbocycles. The molecule has 4 N–H and O–H groups in total. The molecular formula is C19H18FN5O2. The summed E-state index contributed by atoms with van der Waals surface area (Å²) in [6.07, 6.45) is 1.59. The second-order valence-corrected chi connectivity index (χ2v) is 6.48. The van der Waals surface area contributed by atoms with Crippen LogP contribution in [0, 0.1) is 5.82 Å². The molecule has 7 nitrogen and oxygen atoms in total. The number of benzene rings is 1. The first kappa shape index (κ1) is 18.2. The zero-order valence-corrected chi connectivity index (χ0v) is 14.8. The SMILES string of the molecule is CC(C)(Nc1ccc(-c2cc(C(N)=O)ccc2F)nn1)c1ncccc1O. The number of primary amides is 1. The minimum Gasteiger partial charge on any atom is -0.506 e. The number of nitrogens with one attached hydrogen (secondary N) is 1. The minimum atomic E-state index is -0.724. The van der Waals surface area contributed by atoms with Crippen LogP contribution in [0.2, 0.25) is 0 Å². The van der Waals surface area contributed by atoms with Gasteiger partial charge in [-0.1, -0.05) is 0 Å². The van der Waals surface area contributed by atoms with Crippen LogP contribution in [0.15, 0.2) is 48.7 Å². The smallest absolute Gasteiger partial charge is 0.248 e. The van der Waals surface area contributed by atoms with Crippen molar-refractivity contribution in [1.82, 2.24) is 15.2 Å². The van der Waals surface area contributed by atoms with Crippen LogP contribution in [0.3, 0.4) is 0 Å². The molecule has 3 aromatic rings. The highest BCUT2D eigenvalue weighted by molar-refractivity contribution is 5.94. The molecule has 3 rings (SSSR count). The van der Waals surface area contributed by atoms with Gasteiger partial charge in [-0.15, -0.1) is 10.2 Å². The number of anilines is 1. The first-order valence-corrected chi connectivity index (χ1v) is 8.14. The fourth-order valence-electron chi connectivity index (χ4n) is 2.68. The van der Waals surface area contributed by atoms with Gasteiger partial charge in [-0.2, -0.15) is 0 Å². The molecule has 0 bridgehead atoms. The summed E-state index contributed by atoms with van der Waals surface area (Å²) < 4.78 is 14.1. The van der Waals surface area contributed by atoms with E-state index in [0.717, 1.165) is 6.07 Å². The lowest BCUT2D eigenvalue weighted by atomic mass is 9.99. The summed E-state index contributed by atoms with van der Waals surface area (Å²) in [5, 5.41) is 21.2. The number of rotatable bonds is 5. The molecule has 0 saturated carbocycles. The molecule has 0 aliphatic rings. The lowest BCUT2D eigenvalue weighted by Gasteiger charge is -2.26. The number of carbonyl (C=O) groups is 1. The van der Waals surface area contributed by atoms with Crippen molar-refractivity contribution in [1.29, 1.82) is 0 Å². The van der Waals surface area contributed by atoms with Crippen molar-refractivity contribution in [2.45, 2.75) is 19.4 Å². The summed E-state index contributed by atoms with van der Waals surface area (Å²) in [5.41, 5.74) is 5.55. The molecule has 2 heterocycles. The van der Waals surface area contributed by atoms with Gasteiger partial charge in [0.05, 0.1) is 11.2 Å². The highest BCUT2D eigenvalue weighted by atomic mass is 19.1. The van der Waals surface area contributed by atoms with Gasteiger partial charge < -0.3 is 16.2 Å². The normalized spacial score (nSPS) is 11.2. The van der Waals surface area contributed by atoms with E-state index in [1.54, 1.807) is 30.5 Å². The van der Waals surface area contributed by atoms with Crippen LogP contribution < -0.4 is 11.1 Å². The third kappa shape index (κ3) is 3.84. The number of pyridine rings is 1. The van der Waals surface area contributed by atoms with Gasteiger partial charge in [0.1, 0.15) is 23.1 Å². The maximum absolute atomic E-state index is 14.1. The van der Waals surface area contributed by atoms with Crippen molar-refractivity contribution in [3.63, 3.8) is 0 Å². The first-order chi connectivity index (χ1) is 12.8. The van der Waals surface area contributed by atoms with E-state index >= 15 is 0 Å². The predicted octanol–water partition coefficient (Wildman–Crippen LogP) is 2.83. The Hall–Kier alpha value is -3.55. The van der Waals surface area contributed by atoms with E-state index in [-0.39, 0.29) is 22.6 Å². The van der Waals surface area contributed by atoms with Crippen molar-refractivity contribution in [2.75, 3.05) is 5.32 Å². The summed E-state index contributed by atoms with van der Waals surface area (Å²) >= 11 is 0. The van der Waals surface area contributed by atoms with Crippen molar-refractivity contribution in [2.24, 2.45) is 5.73 Å². The molecule has 27 heavy (non-hydrogen) atoms. The van der Waals surface area contributed by atoms with Crippen LogP contribution in [0.4, 0.5) is 10.2 Å². The molecule has 8 heteroatoms. The quantitative estimate of drug-likeness (QED) is 0.639. The number of aromatic nitrogens is 3. The van der Waals surface area contributed by atoms with E-state index in [1.807, 2.05) is 13.8 Å². The number of hydrogen-bond donors (Lipinski definition) is 3. The maximum atomic E-state index is 14.1. The number of nitrogens with two attached hydrogens (primary N) is 1. The van der Waals surface area contributed by atoms with Crippen LogP contribution >= 0.6 is 0 Å². The van der Waals surface area contributed by atoms with Gasteiger partial charge in [-0.3, -0.25) is 9.78 Å². The Balaban J connectivity index is 1.87. The Kier molecular flexibility index (Phi) is 4.72. The van der Waals surface area contributed by atoms with E-state index in [2.05, 4.69) is 20.5 Å². The minimum absolute atomic E-state index is 0.0601. The average molecular weight is 367 g/mol. The lowest BCUT2D eigenvalue weighted by molar-refractivity contribution is 0.100. The molecule has 0 unspecified atom stereocenters.